The van der Waals surface area contributed by atoms with Crippen molar-refractivity contribution in [2.45, 2.75) is 50.6 Å². The lowest BCUT2D eigenvalue weighted by atomic mass is 9.86. The van der Waals surface area contributed by atoms with E-state index < -0.39 is 5.92 Å². The number of alkyl halides is 2. The van der Waals surface area contributed by atoms with Crippen LogP contribution in [0.5, 0.6) is 0 Å². The number of hydrogen-bond acceptors (Lipinski definition) is 5. The van der Waals surface area contributed by atoms with Gasteiger partial charge in [-0.2, -0.15) is 10.4 Å². The van der Waals surface area contributed by atoms with Gasteiger partial charge in [0.1, 0.15) is 11.9 Å². The molecule has 4 heterocycles. The second-order valence-corrected chi connectivity index (χ2v) is 10.3. The molecule has 0 saturated heterocycles. The smallest absolute Gasteiger partial charge is 0.317 e. The zero-order valence-corrected chi connectivity index (χ0v) is 21.8. The van der Waals surface area contributed by atoms with Crippen molar-refractivity contribution in [3.63, 3.8) is 0 Å². The molecular formula is C28H28F2N8O. The molecule has 200 valence electrons. The lowest BCUT2D eigenvalue weighted by molar-refractivity contribution is -0.0390. The van der Waals surface area contributed by atoms with Crippen LogP contribution in [0.2, 0.25) is 0 Å². The first-order valence-electron chi connectivity index (χ1n) is 13.0. The number of pyridine rings is 1. The average molecular weight is 531 g/mol. The van der Waals surface area contributed by atoms with Crippen LogP contribution in [0.25, 0.3) is 33.4 Å². The molecule has 1 aliphatic heterocycles. The lowest BCUT2D eigenvalue weighted by Gasteiger charge is -2.32. The van der Waals surface area contributed by atoms with Gasteiger partial charge in [-0.05, 0) is 25.0 Å². The number of nitrogens with one attached hydrogen (secondary N) is 1. The maximum Gasteiger partial charge on any atom is 0.317 e. The monoisotopic (exact) mass is 530 g/mol. The molecule has 3 aromatic heterocycles. The molecule has 0 bridgehead atoms. The van der Waals surface area contributed by atoms with E-state index in [0.29, 0.717) is 54.9 Å². The fraction of sp³-hybridized carbons (Fsp3) is 0.393. The number of nitriles is 1. The van der Waals surface area contributed by atoms with Crippen molar-refractivity contribution >= 4 is 16.9 Å². The van der Waals surface area contributed by atoms with E-state index in [0.717, 1.165) is 28.0 Å². The Balaban J connectivity index is 1.50. The van der Waals surface area contributed by atoms with Crippen LogP contribution in [0.4, 0.5) is 13.6 Å². The first-order valence-corrected chi connectivity index (χ1v) is 13.0. The Morgan fingerprint density at radius 3 is 2.67 bits per heavy atom. The standard InChI is InChI=1S/C28H28F2N8O/c1-32-27(39)37-10-11-38-23(16-37)25(35-26(38)17-6-8-28(29,30)9-7-17)20-4-3-5-22-21(20)12-18(13-31)24(34-22)19-14-33-36(2)15-19/h3-5,12,14-15,17H,6-11,16H2,1-2H3,(H,32,39). The highest BCUT2D eigenvalue weighted by atomic mass is 19.3. The number of nitrogens with zero attached hydrogens (tertiary/aromatic N) is 7. The summed E-state index contributed by atoms with van der Waals surface area (Å²) in [5.74, 6) is -1.92. The second kappa shape index (κ2) is 9.45. The summed E-state index contributed by atoms with van der Waals surface area (Å²) in [7, 11) is 3.41. The van der Waals surface area contributed by atoms with Gasteiger partial charge in [0.25, 0.3) is 0 Å². The highest BCUT2D eigenvalue weighted by Crippen LogP contribution is 2.43. The number of carbonyl (C=O) groups is 1. The zero-order chi connectivity index (χ0) is 27.3. The van der Waals surface area contributed by atoms with E-state index in [2.05, 4.69) is 21.1 Å². The number of carbonyl (C=O) groups excluding carboxylic acids is 1. The third-order valence-corrected chi connectivity index (χ3v) is 7.83. The first-order chi connectivity index (χ1) is 18.8. The second-order valence-electron chi connectivity index (χ2n) is 10.3. The summed E-state index contributed by atoms with van der Waals surface area (Å²) in [6.45, 7) is 1.38. The largest absolute Gasteiger partial charge is 0.341 e. The maximum atomic E-state index is 14.0. The van der Waals surface area contributed by atoms with Crippen LogP contribution in [0, 0.1) is 11.3 Å². The topological polar surface area (TPSA) is 105 Å². The van der Waals surface area contributed by atoms with Crippen LogP contribution in [0.15, 0.2) is 36.7 Å². The molecule has 2 aliphatic rings. The van der Waals surface area contributed by atoms with E-state index in [1.54, 1.807) is 22.8 Å². The van der Waals surface area contributed by atoms with Crippen molar-refractivity contribution in [3.05, 3.63) is 53.7 Å². The third-order valence-electron chi connectivity index (χ3n) is 7.83. The van der Waals surface area contributed by atoms with Crippen molar-refractivity contribution in [1.82, 2.24) is 34.5 Å². The molecule has 4 aromatic rings. The average Bonchev–Trinajstić information content (AvgIpc) is 3.55. The van der Waals surface area contributed by atoms with Gasteiger partial charge in [0.05, 0.1) is 40.9 Å². The van der Waals surface area contributed by atoms with Crippen LogP contribution in [-0.4, -0.2) is 54.8 Å². The Labute approximate surface area is 224 Å². The minimum absolute atomic E-state index is 0.0800. The summed E-state index contributed by atoms with van der Waals surface area (Å²) in [4.78, 5) is 24.2. The number of benzene rings is 1. The quantitative estimate of drug-likeness (QED) is 0.409. The minimum atomic E-state index is -2.63. The Kier molecular flexibility index (Phi) is 6.05. The van der Waals surface area contributed by atoms with Crippen molar-refractivity contribution in [2.24, 2.45) is 7.05 Å². The van der Waals surface area contributed by atoms with Crippen molar-refractivity contribution in [1.29, 1.82) is 5.26 Å². The van der Waals surface area contributed by atoms with Gasteiger partial charge in [-0.3, -0.25) is 4.68 Å². The Morgan fingerprint density at radius 1 is 1.18 bits per heavy atom. The molecule has 1 saturated carbocycles. The van der Waals surface area contributed by atoms with E-state index >= 15 is 0 Å². The summed E-state index contributed by atoms with van der Waals surface area (Å²) in [5, 5.41) is 17.7. The number of aryl methyl sites for hydroxylation is 1. The van der Waals surface area contributed by atoms with Crippen LogP contribution in [0.1, 0.15) is 48.7 Å². The normalized spacial score (nSPS) is 17.2. The minimum Gasteiger partial charge on any atom is -0.341 e. The number of imidazole rings is 1. The summed E-state index contributed by atoms with van der Waals surface area (Å²) >= 11 is 0. The molecule has 2 amide bonds. The summed E-state index contributed by atoms with van der Waals surface area (Å²) in [6.07, 6.45) is 3.93. The molecule has 0 radical (unpaired) electrons. The Bertz CT molecular complexity index is 1620. The van der Waals surface area contributed by atoms with Gasteiger partial charge in [0, 0.05) is 68.7 Å². The number of halogens is 2. The molecule has 11 heteroatoms. The Morgan fingerprint density at radius 2 is 1.97 bits per heavy atom. The molecule has 1 aromatic carbocycles. The van der Waals surface area contributed by atoms with Crippen LogP contribution in [-0.2, 0) is 20.1 Å². The number of rotatable bonds is 3. The van der Waals surface area contributed by atoms with Gasteiger partial charge in [-0.15, -0.1) is 0 Å². The number of amides is 2. The maximum absolute atomic E-state index is 14.0. The van der Waals surface area contributed by atoms with Gasteiger partial charge in [-0.1, -0.05) is 12.1 Å². The molecule has 6 rings (SSSR count). The molecule has 1 aliphatic carbocycles. The predicted octanol–water partition coefficient (Wildman–Crippen LogP) is 4.82. The van der Waals surface area contributed by atoms with Crippen molar-refractivity contribution in [2.75, 3.05) is 13.6 Å². The number of aromatic nitrogens is 5. The van der Waals surface area contributed by atoms with Crippen LogP contribution in [0.3, 0.4) is 0 Å². The van der Waals surface area contributed by atoms with Gasteiger partial charge >= 0.3 is 6.03 Å². The molecule has 0 spiro atoms. The summed E-state index contributed by atoms with van der Waals surface area (Å²) < 4.78 is 31.7. The molecule has 0 atom stereocenters. The zero-order valence-electron chi connectivity index (χ0n) is 21.8. The van der Waals surface area contributed by atoms with Gasteiger partial charge < -0.3 is 14.8 Å². The Hall–Kier alpha value is -4.33. The van der Waals surface area contributed by atoms with Gasteiger partial charge in [0.15, 0.2) is 0 Å². The fourth-order valence-corrected chi connectivity index (χ4v) is 5.80. The predicted molar refractivity (Wildman–Crippen MR) is 141 cm³/mol. The summed E-state index contributed by atoms with van der Waals surface area (Å²) in [5.41, 5.74) is 4.77. The van der Waals surface area contributed by atoms with Gasteiger partial charge in [-0.25, -0.2) is 23.5 Å². The van der Waals surface area contributed by atoms with E-state index in [4.69, 9.17) is 9.97 Å². The summed E-state index contributed by atoms with van der Waals surface area (Å²) in [6, 6.07) is 9.65. The molecule has 1 N–H and O–H groups in total. The molecule has 39 heavy (non-hydrogen) atoms. The highest BCUT2D eigenvalue weighted by molar-refractivity contribution is 5.96. The number of hydrogen-bond donors (Lipinski definition) is 1. The fourth-order valence-electron chi connectivity index (χ4n) is 5.80. The van der Waals surface area contributed by atoms with Crippen molar-refractivity contribution < 1.29 is 13.6 Å². The van der Waals surface area contributed by atoms with E-state index in [1.807, 2.05) is 37.5 Å². The number of fused-ring (bicyclic) bond motifs is 2. The van der Waals surface area contributed by atoms with Gasteiger partial charge in [0.2, 0.25) is 5.92 Å². The van der Waals surface area contributed by atoms with Crippen molar-refractivity contribution in [3.8, 4) is 28.6 Å². The molecule has 9 nitrogen and oxygen atoms in total. The van der Waals surface area contributed by atoms with Crippen LogP contribution >= 0.6 is 0 Å². The highest BCUT2D eigenvalue weighted by Gasteiger charge is 2.38. The molecule has 0 unspecified atom stereocenters. The lowest BCUT2D eigenvalue weighted by Crippen LogP contribution is -2.43. The van der Waals surface area contributed by atoms with Crippen LogP contribution < -0.4 is 5.32 Å². The number of urea groups is 1. The third kappa shape index (κ3) is 4.39. The van der Waals surface area contributed by atoms with E-state index in [9.17, 15) is 18.8 Å². The first kappa shape index (κ1) is 25.0. The molecule has 1 fully saturated rings. The SMILES string of the molecule is CNC(=O)N1CCn2c(C3CCC(F)(F)CC3)nc(-c3cccc4nc(-c5cnn(C)c5)c(C#N)cc34)c2C1. The van der Waals surface area contributed by atoms with E-state index in [1.165, 1.54) is 0 Å². The molecular weight excluding hydrogens is 502 g/mol. The van der Waals surface area contributed by atoms with E-state index in [-0.39, 0.29) is 24.8 Å².